The van der Waals surface area contributed by atoms with Crippen molar-refractivity contribution < 1.29 is 0 Å². The van der Waals surface area contributed by atoms with Gasteiger partial charge in [-0.2, -0.15) is 0 Å². The van der Waals surface area contributed by atoms with Gasteiger partial charge in [0.05, 0.1) is 10.7 Å². The van der Waals surface area contributed by atoms with Gasteiger partial charge in [0.25, 0.3) is 0 Å². The maximum absolute atomic E-state index is 4.66. The second-order valence-corrected chi connectivity index (χ2v) is 6.97. The van der Waals surface area contributed by atoms with E-state index in [1.165, 1.54) is 9.88 Å². The van der Waals surface area contributed by atoms with Crippen LogP contribution in [-0.2, 0) is 18.5 Å². The molecule has 0 amide bonds. The van der Waals surface area contributed by atoms with E-state index in [1.54, 1.807) is 22.7 Å². The largest absolute Gasteiger partial charge is 0.306 e. The fourth-order valence-electron chi connectivity index (χ4n) is 1.46. The van der Waals surface area contributed by atoms with Gasteiger partial charge in [-0.15, -0.1) is 22.7 Å². The summed E-state index contributed by atoms with van der Waals surface area (Å²) < 4.78 is 0. The molecule has 0 radical (unpaired) electrons. The van der Waals surface area contributed by atoms with Gasteiger partial charge in [-0.25, -0.2) is 4.98 Å². The Labute approximate surface area is 111 Å². The van der Waals surface area contributed by atoms with Crippen LogP contribution in [0.3, 0.4) is 0 Å². The highest BCUT2D eigenvalue weighted by Gasteiger charge is 2.17. The number of thiazole rings is 1. The molecule has 92 valence electrons. The van der Waals surface area contributed by atoms with Gasteiger partial charge in [0.15, 0.2) is 0 Å². The summed E-state index contributed by atoms with van der Waals surface area (Å²) in [6, 6.07) is 4.24. The number of thiophene rings is 1. The Hall–Kier alpha value is -0.710. The Morgan fingerprint density at radius 2 is 2.06 bits per heavy atom. The Bertz CT molecular complexity index is 452. The van der Waals surface area contributed by atoms with E-state index in [2.05, 4.69) is 54.0 Å². The Kier molecular flexibility index (Phi) is 3.97. The van der Waals surface area contributed by atoms with Crippen molar-refractivity contribution in [1.82, 2.24) is 10.3 Å². The Balaban J connectivity index is 1.85. The molecule has 0 saturated carbocycles. The monoisotopic (exact) mass is 266 g/mol. The van der Waals surface area contributed by atoms with Crippen molar-refractivity contribution in [3.8, 4) is 0 Å². The topological polar surface area (TPSA) is 24.9 Å². The van der Waals surface area contributed by atoms with Gasteiger partial charge in [-0.1, -0.05) is 26.8 Å². The highest BCUT2D eigenvalue weighted by Crippen LogP contribution is 2.25. The number of hydrogen-bond donors (Lipinski definition) is 1. The zero-order valence-corrected chi connectivity index (χ0v) is 12.1. The van der Waals surface area contributed by atoms with Crippen LogP contribution in [0.25, 0.3) is 0 Å². The molecule has 0 aromatic carbocycles. The molecule has 2 heterocycles. The summed E-state index contributed by atoms with van der Waals surface area (Å²) in [6.07, 6.45) is 0. The van der Waals surface area contributed by atoms with Gasteiger partial charge >= 0.3 is 0 Å². The molecule has 0 unspecified atom stereocenters. The molecule has 0 bridgehead atoms. The molecule has 2 aromatic heterocycles. The average Bonchev–Trinajstić information content (AvgIpc) is 2.86. The summed E-state index contributed by atoms with van der Waals surface area (Å²) >= 11 is 3.54. The van der Waals surface area contributed by atoms with Crippen LogP contribution in [0.2, 0.25) is 0 Å². The van der Waals surface area contributed by atoms with E-state index in [1.807, 2.05) is 0 Å². The van der Waals surface area contributed by atoms with E-state index in [4.69, 9.17) is 0 Å². The van der Waals surface area contributed by atoms with Crippen LogP contribution in [-0.4, -0.2) is 4.98 Å². The van der Waals surface area contributed by atoms with Gasteiger partial charge in [0.1, 0.15) is 0 Å². The maximum atomic E-state index is 4.66. The molecule has 0 atom stereocenters. The Morgan fingerprint density at radius 1 is 1.24 bits per heavy atom. The minimum atomic E-state index is 0.163. The minimum absolute atomic E-state index is 0.163. The third-order valence-electron chi connectivity index (χ3n) is 2.38. The second-order valence-electron chi connectivity index (χ2n) is 5.08. The molecule has 1 N–H and O–H groups in total. The average molecular weight is 266 g/mol. The minimum Gasteiger partial charge on any atom is -0.306 e. The molecule has 2 aromatic rings. The van der Waals surface area contributed by atoms with E-state index in [-0.39, 0.29) is 5.41 Å². The first kappa shape index (κ1) is 12.7. The van der Waals surface area contributed by atoms with Gasteiger partial charge in [-0.3, -0.25) is 0 Å². The third-order valence-corrected chi connectivity index (χ3v) is 4.57. The lowest BCUT2D eigenvalue weighted by Gasteiger charge is -2.13. The van der Waals surface area contributed by atoms with Gasteiger partial charge in [0.2, 0.25) is 0 Å². The first-order valence-corrected chi connectivity index (χ1v) is 7.49. The van der Waals surface area contributed by atoms with Crippen molar-refractivity contribution in [1.29, 1.82) is 0 Å². The predicted molar refractivity (Wildman–Crippen MR) is 75.7 cm³/mol. The van der Waals surface area contributed by atoms with E-state index in [0.717, 1.165) is 18.8 Å². The molecule has 2 nitrogen and oxygen atoms in total. The van der Waals surface area contributed by atoms with Crippen molar-refractivity contribution in [2.24, 2.45) is 0 Å². The molecule has 0 aliphatic heterocycles. The summed E-state index contributed by atoms with van der Waals surface area (Å²) in [4.78, 5) is 6.03. The van der Waals surface area contributed by atoms with Crippen LogP contribution >= 0.6 is 22.7 Å². The fourth-order valence-corrected chi connectivity index (χ4v) is 3.04. The zero-order valence-electron chi connectivity index (χ0n) is 10.5. The first-order valence-electron chi connectivity index (χ1n) is 5.74. The van der Waals surface area contributed by atoms with Crippen molar-refractivity contribution >= 4 is 22.7 Å². The quantitative estimate of drug-likeness (QED) is 0.910. The number of rotatable bonds is 4. The summed E-state index contributed by atoms with van der Waals surface area (Å²) in [6.45, 7) is 8.39. The van der Waals surface area contributed by atoms with Crippen molar-refractivity contribution in [2.45, 2.75) is 39.3 Å². The van der Waals surface area contributed by atoms with Crippen molar-refractivity contribution in [3.63, 3.8) is 0 Å². The molecule has 0 saturated heterocycles. The lowest BCUT2D eigenvalue weighted by Crippen LogP contribution is -2.14. The van der Waals surface area contributed by atoms with E-state index < -0.39 is 0 Å². The summed E-state index contributed by atoms with van der Waals surface area (Å²) in [5.74, 6) is 0. The standard InChI is InChI=1S/C13H18N2S2/c1-13(2,3)12-15-10(9-17-12)7-14-8-11-5-4-6-16-11/h4-6,9,14H,7-8H2,1-3H3. The van der Waals surface area contributed by atoms with Crippen LogP contribution in [0.5, 0.6) is 0 Å². The zero-order chi connectivity index (χ0) is 12.3. The molecule has 4 heteroatoms. The van der Waals surface area contributed by atoms with Gasteiger partial charge < -0.3 is 5.32 Å². The summed E-state index contributed by atoms with van der Waals surface area (Å²) in [7, 11) is 0. The second kappa shape index (κ2) is 5.29. The van der Waals surface area contributed by atoms with E-state index >= 15 is 0 Å². The number of hydrogen-bond acceptors (Lipinski definition) is 4. The third kappa shape index (κ3) is 3.63. The molecule has 0 fully saturated rings. The van der Waals surface area contributed by atoms with Crippen LogP contribution in [0.4, 0.5) is 0 Å². The highest BCUT2D eigenvalue weighted by molar-refractivity contribution is 7.10. The molecule has 0 spiro atoms. The van der Waals surface area contributed by atoms with E-state index in [0.29, 0.717) is 0 Å². The smallest absolute Gasteiger partial charge is 0.0982 e. The van der Waals surface area contributed by atoms with Crippen molar-refractivity contribution in [3.05, 3.63) is 38.5 Å². The van der Waals surface area contributed by atoms with Crippen LogP contribution in [0, 0.1) is 0 Å². The maximum Gasteiger partial charge on any atom is 0.0982 e. The SMILES string of the molecule is CC(C)(C)c1nc(CNCc2cccs2)cs1. The Morgan fingerprint density at radius 3 is 2.65 bits per heavy atom. The molecular weight excluding hydrogens is 248 g/mol. The van der Waals surface area contributed by atoms with Gasteiger partial charge in [-0.05, 0) is 11.4 Å². The molecule has 0 aliphatic rings. The fraction of sp³-hybridized carbons (Fsp3) is 0.462. The predicted octanol–water partition coefficient (Wildman–Crippen LogP) is 3.79. The summed E-state index contributed by atoms with van der Waals surface area (Å²) in [5.41, 5.74) is 1.31. The number of aromatic nitrogens is 1. The summed E-state index contributed by atoms with van der Waals surface area (Å²) in [5, 5.41) is 8.90. The highest BCUT2D eigenvalue weighted by atomic mass is 32.1. The normalized spacial score (nSPS) is 11.9. The van der Waals surface area contributed by atoms with E-state index in [9.17, 15) is 0 Å². The first-order chi connectivity index (χ1) is 8.05. The molecule has 2 rings (SSSR count). The van der Waals surface area contributed by atoms with Crippen LogP contribution in [0.15, 0.2) is 22.9 Å². The molecule has 17 heavy (non-hydrogen) atoms. The van der Waals surface area contributed by atoms with Gasteiger partial charge in [0, 0.05) is 28.8 Å². The lowest BCUT2D eigenvalue weighted by molar-refractivity contribution is 0.579. The van der Waals surface area contributed by atoms with Crippen LogP contribution in [0.1, 0.15) is 36.3 Å². The number of nitrogens with zero attached hydrogens (tertiary/aromatic N) is 1. The molecule has 0 aliphatic carbocycles. The lowest BCUT2D eigenvalue weighted by atomic mass is 9.98. The van der Waals surface area contributed by atoms with Crippen LogP contribution < -0.4 is 5.32 Å². The molecular formula is C13H18N2S2. The number of nitrogens with one attached hydrogen (secondary N) is 1. The van der Waals surface area contributed by atoms with Crippen molar-refractivity contribution in [2.75, 3.05) is 0 Å².